The van der Waals surface area contributed by atoms with Crippen LogP contribution in [0.3, 0.4) is 0 Å². The number of halogens is 8. The molecule has 270 valence electrons. The molecule has 3 N–H and O–H groups in total. The van der Waals surface area contributed by atoms with Crippen molar-refractivity contribution in [2.24, 2.45) is 0 Å². The third-order valence-corrected chi connectivity index (χ3v) is 7.97. The van der Waals surface area contributed by atoms with Crippen molar-refractivity contribution in [2.75, 3.05) is 37.6 Å². The van der Waals surface area contributed by atoms with Crippen molar-refractivity contribution in [2.45, 2.75) is 89.5 Å². The van der Waals surface area contributed by atoms with E-state index < -0.39 is 103 Å². The van der Waals surface area contributed by atoms with E-state index in [1.165, 1.54) is 27.7 Å². The van der Waals surface area contributed by atoms with Gasteiger partial charge in [0.2, 0.25) is 0 Å². The number of hydrogen-bond acceptors (Lipinski definition) is 6. The summed E-state index contributed by atoms with van der Waals surface area (Å²) in [5.74, 6) is -4.01. The van der Waals surface area contributed by atoms with E-state index in [2.05, 4.69) is 5.32 Å². The summed E-state index contributed by atoms with van der Waals surface area (Å²) < 4.78 is 112. The first-order chi connectivity index (χ1) is 22.0. The van der Waals surface area contributed by atoms with Gasteiger partial charge in [0.05, 0.1) is 29.4 Å². The molecule has 0 saturated carbocycles. The summed E-state index contributed by atoms with van der Waals surface area (Å²) in [6.07, 6.45) is -14.1. The van der Waals surface area contributed by atoms with Crippen molar-refractivity contribution in [3.63, 3.8) is 0 Å². The van der Waals surface area contributed by atoms with Crippen molar-refractivity contribution in [3.05, 3.63) is 23.3 Å². The minimum Gasteiger partial charge on any atom is -0.476 e. The van der Waals surface area contributed by atoms with Crippen LogP contribution >= 0.6 is 0 Å². The number of nitrogens with one attached hydrogen (secondary N) is 2. The average Bonchev–Trinajstić information content (AvgIpc) is 2.95. The first kappa shape index (κ1) is 38.5. The van der Waals surface area contributed by atoms with E-state index in [9.17, 15) is 59.4 Å². The Kier molecular flexibility index (Phi) is 11.8. The number of hydrogen-bond donors (Lipinski definition) is 3. The second-order valence-electron chi connectivity index (χ2n) is 12.2. The van der Waals surface area contributed by atoms with Crippen LogP contribution in [0.4, 0.5) is 45.6 Å². The molecule has 48 heavy (non-hydrogen) atoms. The van der Waals surface area contributed by atoms with Crippen molar-refractivity contribution in [3.8, 4) is 5.75 Å². The molecule has 0 unspecified atom stereocenters. The quantitative estimate of drug-likeness (QED) is 0.229. The summed E-state index contributed by atoms with van der Waals surface area (Å²) in [6.45, 7) is 2.83. The third-order valence-electron chi connectivity index (χ3n) is 7.97. The van der Waals surface area contributed by atoms with Gasteiger partial charge in [-0.2, -0.15) is 35.1 Å². The second-order valence-corrected chi connectivity index (χ2v) is 12.2. The lowest BCUT2D eigenvalue weighted by Crippen LogP contribution is -2.57. The van der Waals surface area contributed by atoms with Crippen LogP contribution in [0.15, 0.2) is 12.1 Å². The monoisotopic (exact) mass is 703 g/mol. The van der Waals surface area contributed by atoms with Crippen LogP contribution in [-0.4, -0.2) is 108 Å². The van der Waals surface area contributed by atoms with Crippen molar-refractivity contribution in [1.82, 2.24) is 20.4 Å². The Morgan fingerprint density at radius 1 is 1.08 bits per heavy atom. The minimum absolute atomic E-state index is 0.0196. The highest BCUT2D eigenvalue weighted by atomic mass is 19.4. The number of fused-ring (bicyclic) bond motifs is 1. The molecule has 11 nitrogen and oxygen atoms in total. The molecular weight excluding hydrogens is 666 g/mol. The Bertz CT molecular complexity index is 1370. The summed E-state index contributed by atoms with van der Waals surface area (Å²) in [7, 11) is 0. The first-order valence-corrected chi connectivity index (χ1v) is 15.0. The molecule has 1 fully saturated rings. The van der Waals surface area contributed by atoms with Crippen molar-refractivity contribution >= 4 is 29.5 Å². The van der Waals surface area contributed by atoms with Gasteiger partial charge in [-0.05, 0) is 65.6 Å². The number of carbonyl (C=O) groups excluding carboxylic acids is 3. The van der Waals surface area contributed by atoms with Gasteiger partial charge >= 0.3 is 24.9 Å². The standard InChI is InChI=1S/C29H37F8N5O6/c1-15(2)42(17-6-5-16(41(13-17)26(46)47)7-8-38-14-28(32,33)34)24(44)18-11-20-21(12-19(18)29(35,36)37)48-27(3,4)25(45)40(20)10-9-39-23(43)22(30)31/h11-12,15-17,22,38H,5-10,13-14H2,1-4H3,(H,39,43)(H,46,47)/t16-,17-/m1/s1. The molecule has 0 radical (unpaired) electrons. The number of anilines is 1. The molecule has 2 atom stereocenters. The molecule has 2 aliphatic heterocycles. The van der Waals surface area contributed by atoms with Crippen LogP contribution < -0.4 is 20.3 Å². The lowest BCUT2D eigenvalue weighted by atomic mass is 9.93. The van der Waals surface area contributed by atoms with Gasteiger partial charge in [-0.3, -0.25) is 14.4 Å². The van der Waals surface area contributed by atoms with Gasteiger partial charge in [0.15, 0.2) is 5.60 Å². The van der Waals surface area contributed by atoms with Gasteiger partial charge < -0.3 is 35.2 Å². The molecule has 0 aromatic heterocycles. The van der Waals surface area contributed by atoms with Crippen LogP contribution in [0.25, 0.3) is 0 Å². The van der Waals surface area contributed by atoms with E-state index in [1.807, 2.05) is 5.32 Å². The zero-order chi connectivity index (χ0) is 36.4. The molecule has 2 aliphatic rings. The Morgan fingerprint density at radius 3 is 2.27 bits per heavy atom. The Hall–Kier alpha value is -3.90. The number of likely N-dealkylation sites (tertiary alicyclic amines) is 1. The summed E-state index contributed by atoms with van der Waals surface area (Å²) in [6, 6.07) is -1.07. The van der Waals surface area contributed by atoms with Gasteiger partial charge in [0, 0.05) is 31.7 Å². The van der Waals surface area contributed by atoms with Crippen LogP contribution in [0, 0.1) is 0 Å². The number of amides is 4. The smallest absolute Gasteiger partial charge is 0.417 e. The molecule has 1 aromatic rings. The lowest BCUT2D eigenvalue weighted by Gasteiger charge is -2.44. The molecular formula is C29H37F8N5O6. The maximum atomic E-state index is 14.5. The second kappa shape index (κ2) is 14.7. The topological polar surface area (TPSA) is 132 Å². The molecule has 2 heterocycles. The van der Waals surface area contributed by atoms with Crippen LogP contribution in [-0.2, 0) is 15.8 Å². The zero-order valence-corrected chi connectivity index (χ0v) is 26.5. The fraction of sp³-hybridized carbons (Fsp3) is 0.655. The summed E-state index contributed by atoms with van der Waals surface area (Å²) in [5.41, 5.74) is -4.30. The predicted octanol–water partition coefficient (Wildman–Crippen LogP) is 4.49. The number of carbonyl (C=O) groups is 4. The van der Waals surface area contributed by atoms with Crippen LogP contribution in [0.5, 0.6) is 5.75 Å². The van der Waals surface area contributed by atoms with E-state index in [0.717, 1.165) is 20.8 Å². The van der Waals surface area contributed by atoms with E-state index in [-0.39, 0.29) is 38.0 Å². The average molecular weight is 704 g/mol. The first-order valence-electron chi connectivity index (χ1n) is 15.0. The molecule has 3 rings (SSSR count). The predicted molar refractivity (Wildman–Crippen MR) is 154 cm³/mol. The summed E-state index contributed by atoms with van der Waals surface area (Å²) in [4.78, 5) is 53.8. The number of rotatable bonds is 11. The highest BCUT2D eigenvalue weighted by Gasteiger charge is 2.46. The van der Waals surface area contributed by atoms with Gasteiger partial charge in [0.1, 0.15) is 5.75 Å². The SMILES string of the molecule is CC(C)N(C(=O)c1cc2c(cc1C(F)(F)F)OC(C)(C)C(=O)N2CCNC(=O)C(F)F)[C@@H]1CC[C@H](CCNCC(F)(F)F)N(C(=O)O)C1. The maximum absolute atomic E-state index is 14.5. The highest BCUT2D eigenvalue weighted by molar-refractivity contribution is 6.05. The van der Waals surface area contributed by atoms with E-state index in [1.54, 1.807) is 0 Å². The van der Waals surface area contributed by atoms with Crippen LogP contribution in [0.1, 0.15) is 62.9 Å². The molecule has 0 aliphatic carbocycles. The normalized spacial score (nSPS) is 19.7. The minimum atomic E-state index is -5.11. The van der Waals surface area contributed by atoms with Gasteiger partial charge in [-0.15, -0.1) is 0 Å². The van der Waals surface area contributed by atoms with E-state index in [4.69, 9.17) is 4.74 Å². The lowest BCUT2D eigenvalue weighted by molar-refractivity contribution is -0.138. The third kappa shape index (κ3) is 9.16. The van der Waals surface area contributed by atoms with Gasteiger partial charge in [0.25, 0.3) is 17.7 Å². The number of nitrogens with zero attached hydrogens (tertiary/aromatic N) is 3. The number of piperidine rings is 1. The molecule has 1 saturated heterocycles. The van der Waals surface area contributed by atoms with Crippen molar-refractivity contribution < 1.29 is 64.1 Å². The molecule has 0 spiro atoms. The number of carboxylic acid groups (broad SMARTS) is 1. The van der Waals surface area contributed by atoms with E-state index >= 15 is 0 Å². The molecule has 4 amide bonds. The number of alkyl halides is 8. The summed E-state index contributed by atoms with van der Waals surface area (Å²) in [5, 5.41) is 14.0. The van der Waals surface area contributed by atoms with Crippen LogP contribution in [0.2, 0.25) is 0 Å². The Labute approximate surface area is 270 Å². The largest absolute Gasteiger partial charge is 0.476 e. The highest BCUT2D eigenvalue weighted by Crippen LogP contribution is 2.44. The molecule has 19 heteroatoms. The Morgan fingerprint density at radius 2 is 1.73 bits per heavy atom. The van der Waals surface area contributed by atoms with Gasteiger partial charge in [-0.1, -0.05) is 0 Å². The zero-order valence-electron chi connectivity index (χ0n) is 26.5. The maximum Gasteiger partial charge on any atom is 0.417 e. The summed E-state index contributed by atoms with van der Waals surface area (Å²) >= 11 is 0. The molecule has 1 aromatic carbocycles. The number of ether oxygens (including phenoxy) is 1. The fourth-order valence-corrected chi connectivity index (χ4v) is 5.84. The Balaban J connectivity index is 1.98. The fourth-order valence-electron chi connectivity index (χ4n) is 5.84. The van der Waals surface area contributed by atoms with E-state index in [0.29, 0.717) is 6.07 Å². The van der Waals surface area contributed by atoms with Gasteiger partial charge in [-0.25, -0.2) is 4.79 Å². The number of benzene rings is 1. The van der Waals surface area contributed by atoms with Crippen molar-refractivity contribution in [1.29, 1.82) is 0 Å². The molecule has 0 bridgehead atoms.